The third-order valence-corrected chi connectivity index (χ3v) is 4.56. The van der Waals surface area contributed by atoms with Gasteiger partial charge in [-0.15, -0.1) is 0 Å². The summed E-state index contributed by atoms with van der Waals surface area (Å²) in [6.07, 6.45) is 0. The van der Waals surface area contributed by atoms with E-state index in [2.05, 4.69) is 10.6 Å². The largest absolute Gasteiger partial charge is 0.497 e. The van der Waals surface area contributed by atoms with Crippen LogP contribution in [0.25, 0.3) is 0 Å². The Morgan fingerprint density at radius 1 is 0.935 bits per heavy atom. The Bertz CT molecular complexity index is 1080. The first kappa shape index (κ1) is 21.8. The van der Waals surface area contributed by atoms with Crippen molar-refractivity contribution in [2.45, 2.75) is 6.92 Å². The molecule has 3 aromatic rings. The minimum Gasteiger partial charge on any atom is -0.497 e. The number of hydrogen-bond donors (Lipinski definition) is 2. The number of carbonyl (C=O) groups excluding carboxylic acids is 2. The van der Waals surface area contributed by atoms with Crippen molar-refractivity contribution in [1.82, 2.24) is 5.32 Å². The highest BCUT2D eigenvalue weighted by Crippen LogP contribution is 2.20. The fourth-order valence-corrected chi connectivity index (χ4v) is 2.86. The van der Waals surface area contributed by atoms with E-state index < -0.39 is 11.7 Å². The number of carbonyl (C=O) groups is 2. The first-order chi connectivity index (χ1) is 15.0. The maximum Gasteiger partial charge on any atom is 0.258 e. The second kappa shape index (κ2) is 10.2. The Balaban J connectivity index is 1.58. The van der Waals surface area contributed by atoms with Crippen LogP contribution in [0, 0.1) is 12.7 Å². The molecule has 0 bridgehead atoms. The van der Waals surface area contributed by atoms with E-state index in [1.54, 1.807) is 50.4 Å². The zero-order valence-electron chi connectivity index (χ0n) is 17.3. The fraction of sp³-hybridized carbons (Fsp3) is 0.167. The molecule has 0 aromatic heterocycles. The third kappa shape index (κ3) is 5.82. The highest BCUT2D eigenvalue weighted by atomic mass is 19.1. The van der Waals surface area contributed by atoms with Gasteiger partial charge >= 0.3 is 0 Å². The molecule has 7 heteroatoms. The molecule has 0 heterocycles. The molecule has 2 N–H and O–H groups in total. The smallest absolute Gasteiger partial charge is 0.258 e. The van der Waals surface area contributed by atoms with Crippen LogP contribution in [0.5, 0.6) is 11.5 Å². The minimum absolute atomic E-state index is 0.0635. The zero-order chi connectivity index (χ0) is 22.2. The van der Waals surface area contributed by atoms with Gasteiger partial charge in [0.1, 0.15) is 23.9 Å². The standard InChI is InChI=1S/C24H23FN2O4/c1-16-10-11-17(14-22(16)27-24(29)20-8-3-4-9-21(20)25)23(28)26-12-13-31-19-7-5-6-18(15-19)30-2/h3-11,14-15H,12-13H2,1-2H3,(H,26,28)(H,27,29). The molecule has 0 atom stereocenters. The number of nitrogens with one attached hydrogen (secondary N) is 2. The number of rotatable bonds is 8. The van der Waals surface area contributed by atoms with E-state index in [9.17, 15) is 14.0 Å². The van der Waals surface area contributed by atoms with Gasteiger partial charge in [-0.1, -0.05) is 24.3 Å². The summed E-state index contributed by atoms with van der Waals surface area (Å²) < 4.78 is 24.6. The van der Waals surface area contributed by atoms with Gasteiger partial charge in [0, 0.05) is 17.3 Å². The van der Waals surface area contributed by atoms with Gasteiger partial charge in [0.15, 0.2) is 0 Å². The van der Waals surface area contributed by atoms with Crippen LogP contribution in [-0.2, 0) is 0 Å². The molecule has 0 saturated heterocycles. The van der Waals surface area contributed by atoms with Crippen molar-refractivity contribution in [2.24, 2.45) is 0 Å². The van der Waals surface area contributed by atoms with Crippen molar-refractivity contribution in [1.29, 1.82) is 0 Å². The molecular formula is C24H23FN2O4. The predicted octanol–water partition coefficient (Wildman–Crippen LogP) is 4.20. The average Bonchev–Trinajstić information content (AvgIpc) is 2.78. The molecule has 0 aliphatic heterocycles. The average molecular weight is 422 g/mol. The molecule has 31 heavy (non-hydrogen) atoms. The Kier molecular flexibility index (Phi) is 7.22. The summed E-state index contributed by atoms with van der Waals surface area (Å²) >= 11 is 0. The van der Waals surface area contributed by atoms with Crippen LogP contribution in [0.4, 0.5) is 10.1 Å². The van der Waals surface area contributed by atoms with Gasteiger partial charge in [-0.25, -0.2) is 4.39 Å². The second-order valence-corrected chi connectivity index (χ2v) is 6.75. The van der Waals surface area contributed by atoms with Gasteiger partial charge in [0.25, 0.3) is 11.8 Å². The SMILES string of the molecule is COc1cccc(OCCNC(=O)c2ccc(C)c(NC(=O)c3ccccc3F)c2)c1. The molecule has 0 aliphatic carbocycles. The van der Waals surface area contributed by atoms with E-state index in [1.165, 1.54) is 18.2 Å². The third-order valence-electron chi connectivity index (χ3n) is 4.56. The van der Waals surface area contributed by atoms with E-state index in [-0.39, 0.29) is 18.1 Å². The van der Waals surface area contributed by atoms with Crippen LogP contribution >= 0.6 is 0 Å². The number of anilines is 1. The zero-order valence-corrected chi connectivity index (χ0v) is 17.3. The molecule has 160 valence electrons. The van der Waals surface area contributed by atoms with E-state index in [0.717, 1.165) is 5.56 Å². The quantitative estimate of drug-likeness (QED) is 0.534. The fourth-order valence-electron chi connectivity index (χ4n) is 2.86. The lowest BCUT2D eigenvalue weighted by Crippen LogP contribution is -2.28. The predicted molar refractivity (Wildman–Crippen MR) is 116 cm³/mol. The van der Waals surface area contributed by atoms with Crippen molar-refractivity contribution >= 4 is 17.5 Å². The van der Waals surface area contributed by atoms with Crippen molar-refractivity contribution < 1.29 is 23.5 Å². The molecule has 0 radical (unpaired) electrons. The lowest BCUT2D eigenvalue weighted by molar-refractivity contribution is 0.0945. The summed E-state index contributed by atoms with van der Waals surface area (Å²) in [5, 5.41) is 5.44. The van der Waals surface area contributed by atoms with Gasteiger partial charge in [-0.2, -0.15) is 0 Å². The molecule has 3 aromatic carbocycles. The van der Waals surface area contributed by atoms with Crippen LogP contribution in [0.1, 0.15) is 26.3 Å². The van der Waals surface area contributed by atoms with E-state index in [4.69, 9.17) is 9.47 Å². The summed E-state index contributed by atoms with van der Waals surface area (Å²) in [5.74, 6) is -0.170. The van der Waals surface area contributed by atoms with Gasteiger partial charge in [0.05, 0.1) is 19.2 Å². The number of benzene rings is 3. The van der Waals surface area contributed by atoms with Crippen molar-refractivity contribution in [3.05, 3.63) is 89.2 Å². The molecule has 0 saturated carbocycles. The summed E-state index contributed by atoms with van der Waals surface area (Å²) in [7, 11) is 1.58. The lowest BCUT2D eigenvalue weighted by Gasteiger charge is -2.12. The first-order valence-corrected chi connectivity index (χ1v) is 9.69. The maximum atomic E-state index is 13.8. The van der Waals surface area contributed by atoms with E-state index in [0.29, 0.717) is 29.3 Å². The van der Waals surface area contributed by atoms with Crippen molar-refractivity contribution in [2.75, 3.05) is 25.6 Å². The Hall–Kier alpha value is -3.87. The number of ether oxygens (including phenoxy) is 2. The van der Waals surface area contributed by atoms with Crippen LogP contribution in [0.3, 0.4) is 0 Å². The summed E-state index contributed by atoms with van der Waals surface area (Å²) in [6.45, 7) is 2.36. The van der Waals surface area contributed by atoms with Gasteiger partial charge in [-0.05, 0) is 48.9 Å². The molecule has 0 unspecified atom stereocenters. The van der Waals surface area contributed by atoms with Gasteiger partial charge in [0.2, 0.25) is 0 Å². The highest BCUT2D eigenvalue weighted by Gasteiger charge is 2.14. The van der Waals surface area contributed by atoms with Crippen LogP contribution < -0.4 is 20.1 Å². The normalized spacial score (nSPS) is 10.3. The maximum absolute atomic E-state index is 13.8. The van der Waals surface area contributed by atoms with Crippen LogP contribution in [0.2, 0.25) is 0 Å². The van der Waals surface area contributed by atoms with E-state index >= 15 is 0 Å². The van der Waals surface area contributed by atoms with Crippen LogP contribution in [0.15, 0.2) is 66.7 Å². The number of methoxy groups -OCH3 is 1. The molecule has 0 fully saturated rings. The topological polar surface area (TPSA) is 76.7 Å². The monoisotopic (exact) mass is 422 g/mol. The number of aryl methyl sites for hydroxylation is 1. The molecule has 2 amide bonds. The van der Waals surface area contributed by atoms with E-state index in [1.807, 2.05) is 12.1 Å². The Labute approximate surface area is 180 Å². The minimum atomic E-state index is -0.609. The molecule has 0 aliphatic rings. The highest BCUT2D eigenvalue weighted by molar-refractivity contribution is 6.05. The lowest BCUT2D eigenvalue weighted by atomic mass is 10.1. The summed E-state index contributed by atoms with van der Waals surface area (Å²) in [5.41, 5.74) is 1.50. The number of hydrogen-bond acceptors (Lipinski definition) is 4. The molecule has 6 nitrogen and oxygen atoms in total. The number of halogens is 1. The van der Waals surface area contributed by atoms with Gasteiger partial charge < -0.3 is 20.1 Å². The van der Waals surface area contributed by atoms with Crippen LogP contribution in [-0.4, -0.2) is 32.1 Å². The number of amides is 2. The summed E-state index contributed by atoms with van der Waals surface area (Å²) in [4.78, 5) is 24.9. The second-order valence-electron chi connectivity index (χ2n) is 6.75. The molecule has 0 spiro atoms. The van der Waals surface area contributed by atoms with Gasteiger partial charge in [-0.3, -0.25) is 9.59 Å². The first-order valence-electron chi connectivity index (χ1n) is 9.69. The molecular weight excluding hydrogens is 399 g/mol. The molecule has 3 rings (SSSR count). The Morgan fingerprint density at radius 3 is 2.48 bits per heavy atom. The Morgan fingerprint density at radius 2 is 1.71 bits per heavy atom. The van der Waals surface area contributed by atoms with Crippen molar-refractivity contribution in [3.63, 3.8) is 0 Å². The summed E-state index contributed by atoms with van der Waals surface area (Å²) in [6, 6.07) is 17.9. The van der Waals surface area contributed by atoms with Crippen molar-refractivity contribution in [3.8, 4) is 11.5 Å².